The van der Waals surface area contributed by atoms with E-state index >= 15 is 0 Å². The summed E-state index contributed by atoms with van der Waals surface area (Å²) in [5.41, 5.74) is -0.644. The van der Waals surface area contributed by atoms with E-state index in [1.165, 1.54) is 0 Å². The molecule has 4 nitrogen and oxygen atoms in total. The Balaban J connectivity index is 2.23. The van der Waals surface area contributed by atoms with E-state index in [4.69, 9.17) is 19.8 Å². The van der Waals surface area contributed by atoms with Crippen LogP contribution in [0.15, 0.2) is 0 Å². The van der Waals surface area contributed by atoms with Crippen LogP contribution in [0.5, 0.6) is 0 Å². The van der Waals surface area contributed by atoms with Crippen molar-refractivity contribution in [2.24, 2.45) is 0 Å². The van der Waals surface area contributed by atoms with Crippen molar-refractivity contribution in [2.75, 3.05) is 19.8 Å². The number of nitrogens with zero attached hydrogens (tertiary/aromatic N) is 1. The quantitative estimate of drug-likeness (QED) is 0.644. The van der Waals surface area contributed by atoms with Gasteiger partial charge in [-0.3, -0.25) is 0 Å². The maximum Gasteiger partial charge on any atom is 0.159 e. The summed E-state index contributed by atoms with van der Waals surface area (Å²) in [5, 5.41) is 17.5. The van der Waals surface area contributed by atoms with Gasteiger partial charge in [0.2, 0.25) is 0 Å². The van der Waals surface area contributed by atoms with Gasteiger partial charge in [0.25, 0.3) is 0 Å². The van der Waals surface area contributed by atoms with E-state index in [1.54, 1.807) is 0 Å². The van der Waals surface area contributed by atoms with E-state index in [9.17, 15) is 0 Å². The van der Waals surface area contributed by atoms with Crippen LogP contribution in [0, 0.1) is 11.3 Å². The van der Waals surface area contributed by atoms with E-state index in [1.807, 2.05) is 6.92 Å². The van der Waals surface area contributed by atoms with Crippen LogP contribution in [0.4, 0.5) is 0 Å². The van der Waals surface area contributed by atoms with Gasteiger partial charge in [-0.1, -0.05) is 0 Å². The number of nitriles is 1. The van der Waals surface area contributed by atoms with E-state index in [0.29, 0.717) is 32.5 Å². The highest BCUT2D eigenvalue weighted by atomic mass is 16.5. The van der Waals surface area contributed by atoms with Gasteiger partial charge in [0.1, 0.15) is 0 Å². The topological polar surface area (TPSA) is 62.5 Å². The minimum atomic E-state index is -0.644. The van der Waals surface area contributed by atoms with E-state index in [0.717, 1.165) is 0 Å². The Hall–Kier alpha value is -0.630. The van der Waals surface area contributed by atoms with E-state index in [2.05, 4.69) is 6.07 Å². The second kappa shape index (κ2) is 5.30. The second-order valence-electron chi connectivity index (χ2n) is 3.52. The Kier molecular flexibility index (Phi) is 4.33. The summed E-state index contributed by atoms with van der Waals surface area (Å²) in [6.45, 7) is 3.18. The van der Waals surface area contributed by atoms with Gasteiger partial charge in [-0.25, -0.2) is 0 Å². The fourth-order valence-electron chi connectivity index (χ4n) is 1.60. The second-order valence-corrected chi connectivity index (χ2v) is 3.52. The molecule has 0 spiro atoms. The first-order valence-electron chi connectivity index (χ1n) is 5.04. The lowest BCUT2D eigenvalue weighted by molar-refractivity contribution is -0.140. The van der Waals surface area contributed by atoms with Gasteiger partial charge in [0, 0.05) is 26.1 Å². The van der Waals surface area contributed by atoms with Crippen molar-refractivity contribution in [1.82, 2.24) is 0 Å². The van der Waals surface area contributed by atoms with Crippen LogP contribution in [0.25, 0.3) is 0 Å². The lowest BCUT2D eigenvalue weighted by atomic mass is 9.78. The van der Waals surface area contributed by atoms with Gasteiger partial charge in [0.15, 0.2) is 5.60 Å². The van der Waals surface area contributed by atoms with Gasteiger partial charge in [0.05, 0.1) is 18.8 Å². The number of aliphatic hydroxyl groups is 1. The van der Waals surface area contributed by atoms with Crippen LogP contribution in [0.2, 0.25) is 0 Å². The van der Waals surface area contributed by atoms with Crippen molar-refractivity contribution >= 4 is 0 Å². The molecule has 0 radical (unpaired) electrons. The zero-order valence-electron chi connectivity index (χ0n) is 8.53. The molecule has 0 heterocycles. The monoisotopic (exact) mass is 199 g/mol. The molecule has 0 atom stereocenters. The summed E-state index contributed by atoms with van der Waals surface area (Å²) in [5.74, 6) is 0. The molecule has 1 aliphatic rings. The molecular weight excluding hydrogens is 182 g/mol. The Morgan fingerprint density at radius 1 is 1.57 bits per heavy atom. The molecule has 0 unspecified atom stereocenters. The number of ether oxygens (including phenoxy) is 2. The van der Waals surface area contributed by atoms with Crippen LogP contribution in [0.3, 0.4) is 0 Å². The van der Waals surface area contributed by atoms with Crippen molar-refractivity contribution in [3.8, 4) is 6.07 Å². The zero-order valence-corrected chi connectivity index (χ0v) is 8.53. The maximum atomic E-state index is 8.93. The van der Waals surface area contributed by atoms with Crippen molar-refractivity contribution in [3.05, 3.63) is 0 Å². The van der Waals surface area contributed by atoms with E-state index in [-0.39, 0.29) is 12.7 Å². The van der Waals surface area contributed by atoms with Crippen LogP contribution in [-0.4, -0.2) is 36.6 Å². The normalized spacial score (nSPS) is 30.8. The smallest absolute Gasteiger partial charge is 0.159 e. The molecule has 1 rings (SSSR count). The number of hydrogen-bond acceptors (Lipinski definition) is 4. The van der Waals surface area contributed by atoms with Crippen LogP contribution < -0.4 is 0 Å². The van der Waals surface area contributed by atoms with Gasteiger partial charge < -0.3 is 14.6 Å². The molecule has 0 aromatic rings. The number of aliphatic hydroxyl groups excluding tert-OH is 1. The van der Waals surface area contributed by atoms with Crippen molar-refractivity contribution in [2.45, 2.75) is 37.9 Å². The average molecular weight is 199 g/mol. The molecule has 0 amide bonds. The Labute approximate surface area is 84.4 Å². The highest BCUT2D eigenvalue weighted by Crippen LogP contribution is 2.37. The summed E-state index contributed by atoms with van der Waals surface area (Å²) < 4.78 is 10.8. The van der Waals surface area contributed by atoms with Crippen LogP contribution in [0.1, 0.15) is 26.2 Å². The summed E-state index contributed by atoms with van der Waals surface area (Å²) in [7, 11) is 0. The SMILES string of the molecule is CCOC1CC(C#N)(OCCCO)C1. The molecule has 1 fully saturated rings. The largest absolute Gasteiger partial charge is 0.396 e. The summed E-state index contributed by atoms with van der Waals surface area (Å²) in [6, 6.07) is 2.18. The third-order valence-corrected chi connectivity index (χ3v) is 2.40. The maximum absolute atomic E-state index is 8.93. The van der Waals surface area contributed by atoms with E-state index < -0.39 is 5.60 Å². The summed E-state index contributed by atoms with van der Waals surface area (Å²) in [4.78, 5) is 0. The van der Waals surface area contributed by atoms with Crippen molar-refractivity contribution in [1.29, 1.82) is 5.26 Å². The molecule has 0 aromatic heterocycles. The summed E-state index contributed by atoms with van der Waals surface area (Å²) >= 11 is 0. The minimum Gasteiger partial charge on any atom is -0.396 e. The molecule has 1 N–H and O–H groups in total. The predicted molar refractivity (Wildman–Crippen MR) is 50.6 cm³/mol. The first kappa shape index (κ1) is 11.4. The molecule has 1 saturated carbocycles. The molecule has 0 saturated heterocycles. The van der Waals surface area contributed by atoms with Crippen molar-refractivity contribution < 1.29 is 14.6 Å². The summed E-state index contributed by atoms with van der Waals surface area (Å²) in [6.07, 6.45) is 2.07. The molecule has 80 valence electrons. The molecule has 0 aliphatic heterocycles. The first-order valence-corrected chi connectivity index (χ1v) is 5.04. The predicted octanol–water partition coefficient (Wildman–Crippen LogP) is 0.847. The van der Waals surface area contributed by atoms with Gasteiger partial charge in [-0.2, -0.15) is 5.26 Å². The number of rotatable bonds is 6. The average Bonchev–Trinajstić information content (AvgIpc) is 2.14. The first-order chi connectivity index (χ1) is 6.76. The van der Waals surface area contributed by atoms with Gasteiger partial charge in [-0.05, 0) is 13.3 Å². The van der Waals surface area contributed by atoms with Crippen molar-refractivity contribution in [3.63, 3.8) is 0 Å². The van der Waals surface area contributed by atoms with Crippen LogP contribution in [-0.2, 0) is 9.47 Å². The third-order valence-electron chi connectivity index (χ3n) is 2.40. The fraction of sp³-hybridized carbons (Fsp3) is 0.900. The molecule has 1 aliphatic carbocycles. The van der Waals surface area contributed by atoms with Gasteiger partial charge >= 0.3 is 0 Å². The van der Waals surface area contributed by atoms with Gasteiger partial charge in [-0.15, -0.1) is 0 Å². The minimum absolute atomic E-state index is 0.108. The van der Waals surface area contributed by atoms with Crippen LogP contribution >= 0.6 is 0 Å². The highest BCUT2D eigenvalue weighted by Gasteiger charge is 2.46. The molecule has 4 heteroatoms. The highest BCUT2D eigenvalue weighted by molar-refractivity contribution is 5.12. The Bertz CT molecular complexity index is 200. The number of hydrogen-bond donors (Lipinski definition) is 1. The Morgan fingerprint density at radius 2 is 2.29 bits per heavy atom. The lowest BCUT2D eigenvalue weighted by Crippen LogP contribution is -2.49. The third kappa shape index (κ3) is 2.68. The molecular formula is C10H17NO3. The molecule has 0 aromatic carbocycles. The zero-order chi connectivity index (χ0) is 10.4. The lowest BCUT2D eigenvalue weighted by Gasteiger charge is -2.41. The Morgan fingerprint density at radius 3 is 2.79 bits per heavy atom. The molecule has 14 heavy (non-hydrogen) atoms. The fourth-order valence-corrected chi connectivity index (χ4v) is 1.60. The molecule has 0 bridgehead atoms. The standard InChI is InChI=1S/C10H17NO3/c1-2-13-9-6-10(7-9,8-11)14-5-3-4-12/h9,12H,2-7H2,1H3.